The third-order valence-corrected chi connectivity index (χ3v) is 3.99. The summed E-state index contributed by atoms with van der Waals surface area (Å²) in [5, 5.41) is 0. The van der Waals surface area contributed by atoms with Gasteiger partial charge in [-0.05, 0) is 32.6 Å². The lowest BCUT2D eigenvalue weighted by Gasteiger charge is -2.37. The normalized spacial score (nSPS) is 30.5. The Labute approximate surface area is 97.7 Å². The number of Topliss-reactive ketones (excluding diaryl/α,β-unsaturated/α-hetero) is 1. The Morgan fingerprint density at radius 3 is 2.81 bits per heavy atom. The number of hydrogen-bond donors (Lipinski definition) is 1. The van der Waals surface area contributed by atoms with Crippen LogP contribution >= 0.6 is 0 Å². The van der Waals surface area contributed by atoms with Crippen LogP contribution in [0, 0.1) is 5.92 Å². The number of carbonyl (C=O) groups is 1. The predicted octanol–water partition coefficient (Wildman–Crippen LogP) is 2.03. The van der Waals surface area contributed by atoms with E-state index in [4.69, 9.17) is 10.5 Å². The van der Waals surface area contributed by atoms with Crippen LogP contribution in [0.2, 0.25) is 0 Å². The van der Waals surface area contributed by atoms with Gasteiger partial charge >= 0.3 is 0 Å². The molecule has 2 aliphatic rings. The second-order valence-corrected chi connectivity index (χ2v) is 5.58. The summed E-state index contributed by atoms with van der Waals surface area (Å²) in [5.74, 6) is 0.558. The molecule has 0 bridgehead atoms. The third-order valence-electron chi connectivity index (χ3n) is 3.99. The number of nitrogens with two attached hydrogens (primary N) is 1. The minimum atomic E-state index is -0.00475. The van der Waals surface area contributed by atoms with E-state index in [1.54, 1.807) is 0 Å². The van der Waals surface area contributed by atoms with Gasteiger partial charge in [0, 0.05) is 25.0 Å². The highest BCUT2D eigenvalue weighted by Gasteiger charge is 2.41. The lowest BCUT2D eigenvalue weighted by molar-refractivity contribution is -0.136. The summed E-state index contributed by atoms with van der Waals surface area (Å²) >= 11 is 0. The zero-order valence-electron chi connectivity index (χ0n) is 10.2. The fourth-order valence-corrected chi connectivity index (χ4v) is 3.15. The summed E-state index contributed by atoms with van der Waals surface area (Å²) < 4.78 is 5.93. The number of ketones is 1. The van der Waals surface area contributed by atoms with Gasteiger partial charge < -0.3 is 10.5 Å². The summed E-state index contributed by atoms with van der Waals surface area (Å²) in [4.78, 5) is 12.0. The molecule has 3 nitrogen and oxygen atoms in total. The molecule has 2 unspecified atom stereocenters. The highest BCUT2D eigenvalue weighted by atomic mass is 16.5. The van der Waals surface area contributed by atoms with E-state index in [1.165, 1.54) is 12.8 Å². The largest absolute Gasteiger partial charge is 0.375 e. The first-order chi connectivity index (χ1) is 7.61. The minimum absolute atomic E-state index is 0.00475. The van der Waals surface area contributed by atoms with Crippen molar-refractivity contribution in [3.8, 4) is 0 Å². The summed E-state index contributed by atoms with van der Waals surface area (Å²) in [6.45, 7) is 2.66. The molecular formula is C13H23NO2. The second kappa shape index (κ2) is 4.84. The van der Waals surface area contributed by atoms with Crippen LogP contribution in [0.5, 0.6) is 0 Å². The molecule has 0 aromatic rings. The van der Waals surface area contributed by atoms with Gasteiger partial charge in [0.15, 0.2) is 0 Å². The maximum Gasteiger partial charge on any atom is 0.137 e. The van der Waals surface area contributed by atoms with Gasteiger partial charge in [-0.2, -0.15) is 0 Å². The lowest BCUT2D eigenvalue weighted by atomic mass is 9.81. The Balaban J connectivity index is 1.93. The molecule has 0 amide bonds. The van der Waals surface area contributed by atoms with Crippen molar-refractivity contribution in [1.82, 2.24) is 0 Å². The molecule has 16 heavy (non-hydrogen) atoms. The fraction of sp³-hybridized carbons (Fsp3) is 0.923. The monoisotopic (exact) mass is 225 g/mol. The Bertz CT molecular complexity index is 257. The number of hydrogen-bond acceptors (Lipinski definition) is 3. The topological polar surface area (TPSA) is 52.3 Å². The molecule has 0 aromatic heterocycles. The third kappa shape index (κ3) is 2.64. The maximum atomic E-state index is 12.0. The first-order valence-corrected chi connectivity index (χ1v) is 6.54. The Hall–Kier alpha value is -0.410. The molecule has 1 saturated carbocycles. The standard InChI is InChI=1S/C13H23NO2/c1-10(14)8-12(15)11-4-7-16-13(9-11)5-2-3-6-13/h10-11H,2-9,14H2,1H3. The molecule has 2 atom stereocenters. The van der Waals surface area contributed by atoms with Crippen LogP contribution in [-0.4, -0.2) is 24.0 Å². The highest BCUT2D eigenvalue weighted by Crippen LogP contribution is 2.42. The Morgan fingerprint density at radius 1 is 1.50 bits per heavy atom. The minimum Gasteiger partial charge on any atom is -0.375 e. The van der Waals surface area contributed by atoms with Crippen molar-refractivity contribution in [3.05, 3.63) is 0 Å². The van der Waals surface area contributed by atoms with Crippen molar-refractivity contribution in [3.63, 3.8) is 0 Å². The van der Waals surface area contributed by atoms with Gasteiger partial charge in [0.2, 0.25) is 0 Å². The fourth-order valence-electron chi connectivity index (χ4n) is 3.15. The van der Waals surface area contributed by atoms with E-state index in [0.717, 1.165) is 32.3 Å². The quantitative estimate of drug-likeness (QED) is 0.799. The van der Waals surface area contributed by atoms with Gasteiger partial charge in [0.05, 0.1) is 5.60 Å². The van der Waals surface area contributed by atoms with Crippen molar-refractivity contribution in [2.24, 2.45) is 11.7 Å². The molecule has 2 N–H and O–H groups in total. The van der Waals surface area contributed by atoms with E-state index < -0.39 is 0 Å². The van der Waals surface area contributed by atoms with Gasteiger partial charge in [-0.15, -0.1) is 0 Å². The first kappa shape index (κ1) is 12.1. The van der Waals surface area contributed by atoms with E-state index in [0.29, 0.717) is 12.2 Å². The van der Waals surface area contributed by atoms with Gasteiger partial charge in [-0.25, -0.2) is 0 Å². The molecular weight excluding hydrogens is 202 g/mol. The highest BCUT2D eigenvalue weighted by molar-refractivity contribution is 5.81. The average molecular weight is 225 g/mol. The molecule has 3 heteroatoms. The van der Waals surface area contributed by atoms with E-state index >= 15 is 0 Å². The molecule has 2 fully saturated rings. The molecule has 1 saturated heterocycles. The molecule has 0 aromatic carbocycles. The van der Waals surface area contributed by atoms with Gasteiger partial charge in [-0.1, -0.05) is 12.8 Å². The van der Waals surface area contributed by atoms with Gasteiger partial charge in [0.1, 0.15) is 5.78 Å². The van der Waals surface area contributed by atoms with Crippen molar-refractivity contribution < 1.29 is 9.53 Å². The molecule has 0 radical (unpaired) electrons. The summed E-state index contributed by atoms with van der Waals surface area (Å²) in [6.07, 6.45) is 7.18. The van der Waals surface area contributed by atoms with Crippen molar-refractivity contribution in [1.29, 1.82) is 0 Å². The van der Waals surface area contributed by atoms with Crippen LogP contribution in [0.3, 0.4) is 0 Å². The second-order valence-electron chi connectivity index (χ2n) is 5.58. The zero-order valence-corrected chi connectivity index (χ0v) is 10.2. The molecule has 2 rings (SSSR count). The molecule has 92 valence electrons. The number of rotatable bonds is 3. The molecule has 1 heterocycles. The number of ether oxygens (including phenoxy) is 1. The predicted molar refractivity (Wildman–Crippen MR) is 63.1 cm³/mol. The van der Waals surface area contributed by atoms with Crippen LogP contribution < -0.4 is 5.73 Å². The first-order valence-electron chi connectivity index (χ1n) is 6.54. The summed E-state index contributed by atoms with van der Waals surface area (Å²) in [6, 6.07) is -0.00475. The average Bonchev–Trinajstić information content (AvgIpc) is 2.65. The summed E-state index contributed by atoms with van der Waals surface area (Å²) in [5.41, 5.74) is 5.74. The van der Waals surface area contributed by atoms with Crippen LogP contribution in [-0.2, 0) is 9.53 Å². The lowest BCUT2D eigenvalue weighted by Crippen LogP contribution is -2.40. The van der Waals surface area contributed by atoms with Crippen molar-refractivity contribution >= 4 is 5.78 Å². The smallest absolute Gasteiger partial charge is 0.137 e. The van der Waals surface area contributed by atoms with Gasteiger partial charge in [-0.3, -0.25) is 4.79 Å². The number of carbonyl (C=O) groups excluding carboxylic acids is 1. The summed E-state index contributed by atoms with van der Waals surface area (Å²) in [7, 11) is 0. The van der Waals surface area contributed by atoms with Crippen LogP contribution in [0.4, 0.5) is 0 Å². The van der Waals surface area contributed by atoms with Crippen LogP contribution in [0.15, 0.2) is 0 Å². The van der Waals surface area contributed by atoms with E-state index in [2.05, 4.69) is 0 Å². The zero-order chi connectivity index (χ0) is 11.6. The SMILES string of the molecule is CC(N)CC(=O)C1CCOC2(CCCC2)C1. The van der Waals surface area contributed by atoms with E-state index in [-0.39, 0.29) is 17.6 Å². The van der Waals surface area contributed by atoms with Crippen LogP contribution in [0.1, 0.15) is 51.9 Å². The van der Waals surface area contributed by atoms with Crippen LogP contribution in [0.25, 0.3) is 0 Å². The van der Waals surface area contributed by atoms with E-state index in [1.807, 2.05) is 6.92 Å². The molecule has 1 spiro atoms. The van der Waals surface area contributed by atoms with Gasteiger partial charge in [0.25, 0.3) is 0 Å². The molecule has 1 aliphatic carbocycles. The Morgan fingerprint density at radius 2 is 2.19 bits per heavy atom. The van der Waals surface area contributed by atoms with Crippen molar-refractivity contribution in [2.45, 2.75) is 63.5 Å². The Kier molecular flexibility index (Phi) is 3.65. The van der Waals surface area contributed by atoms with Crippen molar-refractivity contribution in [2.75, 3.05) is 6.61 Å². The molecule has 1 aliphatic heterocycles. The maximum absolute atomic E-state index is 12.0. The van der Waals surface area contributed by atoms with E-state index in [9.17, 15) is 4.79 Å².